The van der Waals surface area contributed by atoms with Crippen molar-refractivity contribution in [3.8, 4) is 0 Å². The maximum Gasteiger partial charge on any atom is 0.0624 e. The molecule has 1 aliphatic rings. The number of aromatic nitrogens is 2. The van der Waals surface area contributed by atoms with Gasteiger partial charge in [0.25, 0.3) is 0 Å². The van der Waals surface area contributed by atoms with Gasteiger partial charge in [0.05, 0.1) is 12.3 Å². The predicted molar refractivity (Wildman–Crippen MR) is 67.6 cm³/mol. The highest BCUT2D eigenvalue weighted by Gasteiger charge is 2.44. The maximum atomic E-state index is 9.69. The molecule has 1 aromatic heterocycles. The molecule has 1 aromatic rings. The molecule has 1 aliphatic carbocycles. The Hall–Kier alpha value is -0.870. The van der Waals surface area contributed by atoms with E-state index in [-0.39, 0.29) is 12.0 Å². The highest BCUT2D eigenvalue weighted by Crippen LogP contribution is 2.46. The lowest BCUT2D eigenvalue weighted by Gasteiger charge is -2.30. The van der Waals surface area contributed by atoms with Crippen molar-refractivity contribution >= 4 is 0 Å². The summed E-state index contributed by atoms with van der Waals surface area (Å²) >= 11 is 0. The first-order valence-electron chi connectivity index (χ1n) is 6.48. The zero-order chi connectivity index (χ0) is 12.5. The van der Waals surface area contributed by atoms with Crippen LogP contribution in [0.4, 0.5) is 0 Å². The topological polar surface area (TPSA) is 64.1 Å². The van der Waals surface area contributed by atoms with Gasteiger partial charge in [-0.05, 0) is 37.7 Å². The molecule has 0 bridgehead atoms. The molecule has 1 fully saturated rings. The maximum absolute atomic E-state index is 9.69. The molecule has 1 saturated carbocycles. The van der Waals surface area contributed by atoms with E-state index in [0.717, 1.165) is 18.5 Å². The van der Waals surface area contributed by atoms with Gasteiger partial charge >= 0.3 is 0 Å². The summed E-state index contributed by atoms with van der Waals surface area (Å²) in [4.78, 5) is 0. The molecule has 0 aliphatic heterocycles. The lowest BCUT2D eigenvalue weighted by molar-refractivity contribution is 0.107. The molecule has 1 unspecified atom stereocenters. The number of hydrogen-bond donors (Lipinski definition) is 2. The Morgan fingerprint density at radius 1 is 1.59 bits per heavy atom. The van der Waals surface area contributed by atoms with Crippen molar-refractivity contribution in [2.24, 2.45) is 24.1 Å². The average Bonchev–Trinajstić information content (AvgIpc) is 3.13. The smallest absolute Gasteiger partial charge is 0.0624 e. The summed E-state index contributed by atoms with van der Waals surface area (Å²) in [6.07, 6.45) is 4.20. The number of nitrogens with two attached hydrogens (primary N) is 1. The van der Waals surface area contributed by atoms with E-state index in [4.69, 9.17) is 5.73 Å². The van der Waals surface area contributed by atoms with Crippen LogP contribution in [0.5, 0.6) is 0 Å². The first-order valence-corrected chi connectivity index (χ1v) is 6.48. The Morgan fingerprint density at radius 3 is 2.71 bits per heavy atom. The van der Waals surface area contributed by atoms with E-state index in [9.17, 15) is 5.11 Å². The molecule has 2 rings (SSSR count). The van der Waals surface area contributed by atoms with Crippen LogP contribution in [0.1, 0.15) is 31.2 Å². The van der Waals surface area contributed by atoms with Gasteiger partial charge in [-0.3, -0.25) is 4.68 Å². The van der Waals surface area contributed by atoms with Gasteiger partial charge in [0.1, 0.15) is 0 Å². The molecular weight excluding hydrogens is 214 g/mol. The minimum absolute atomic E-state index is 0.126. The monoisotopic (exact) mass is 237 g/mol. The Morgan fingerprint density at radius 2 is 2.29 bits per heavy atom. The number of hydrogen-bond acceptors (Lipinski definition) is 3. The fourth-order valence-electron chi connectivity index (χ4n) is 2.60. The minimum Gasteiger partial charge on any atom is -0.396 e. The van der Waals surface area contributed by atoms with Gasteiger partial charge < -0.3 is 10.8 Å². The molecule has 0 spiro atoms. The van der Waals surface area contributed by atoms with Crippen molar-refractivity contribution < 1.29 is 5.11 Å². The second kappa shape index (κ2) is 4.78. The summed E-state index contributed by atoms with van der Waals surface area (Å²) in [7, 11) is 1.97. The van der Waals surface area contributed by atoms with Crippen LogP contribution in [0.3, 0.4) is 0 Å². The molecule has 0 aromatic carbocycles. The third-order valence-electron chi connectivity index (χ3n) is 4.09. The minimum atomic E-state index is -0.126. The summed E-state index contributed by atoms with van der Waals surface area (Å²) in [6, 6.07) is 2.14. The van der Waals surface area contributed by atoms with Crippen LogP contribution in [0.25, 0.3) is 0 Å². The first kappa shape index (κ1) is 12.6. The Bertz CT molecular complexity index is 378. The first-order chi connectivity index (χ1) is 8.15. The van der Waals surface area contributed by atoms with Crippen molar-refractivity contribution in [3.05, 3.63) is 17.5 Å². The van der Waals surface area contributed by atoms with Crippen molar-refractivity contribution in [1.82, 2.24) is 9.78 Å². The number of aliphatic hydroxyl groups excluding tert-OH is 1. The van der Waals surface area contributed by atoms with Gasteiger partial charge in [-0.2, -0.15) is 5.10 Å². The molecule has 0 radical (unpaired) electrons. The van der Waals surface area contributed by atoms with E-state index in [1.807, 2.05) is 11.7 Å². The molecule has 3 N–H and O–H groups in total. The fraction of sp³-hybridized carbons (Fsp3) is 0.769. The molecule has 17 heavy (non-hydrogen) atoms. The van der Waals surface area contributed by atoms with Crippen LogP contribution < -0.4 is 5.73 Å². The lowest BCUT2D eigenvalue weighted by Crippen LogP contribution is -2.39. The number of aliphatic hydroxyl groups is 1. The molecule has 4 nitrogen and oxygen atoms in total. The third kappa shape index (κ3) is 2.38. The number of nitrogens with zero attached hydrogens (tertiary/aromatic N) is 2. The van der Waals surface area contributed by atoms with Crippen LogP contribution in [0, 0.1) is 11.3 Å². The number of rotatable bonds is 6. The highest BCUT2D eigenvalue weighted by atomic mass is 16.3. The summed E-state index contributed by atoms with van der Waals surface area (Å²) in [6.45, 7) is 2.84. The average molecular weight is 237 g/mol. The summed E-state index contributed by atoms with van der Waals surface area (Å²) in [5.74, 6) is 0.595. The predicted octanol–water partition coefficient (Wildman–Crippen LogP) is 0.872. The molecule has 1 heterocycles. The van der Waals surface area contributed by atoms with Gasteiger partial charge in [0, 0.05) is 24.7 Å². The standard InChI is InChI=1S/C13H23N3O/c1-3-11-6-12(16(2)15-11)7-13(8-14,9-17)10-4-5-10/h6,10,17H,3-5,7-9,14H2,1-2H3. The molecule has 1 atom stereocenters. The van der Waals surface area contributed by atoms with E-state index in [2.05, 4.69) is 18.1 Å². The second-order valence-electron chi connectivity index (χ2n) is 5.28. The van der Waals surface area contributed by atoms with Crippen LogP contribution in [-0.2, 0) is 19.9 Å². The normalized spacial score (nSPS) is 19.3. The van der Waals surface area contributed by atoms with Crippen LogP contribution in [-0.4, -0.2) is 28.0 Å². The Labute approximate surface area is 103 Å². The van der Waals surface area contributed by atoms with Crippen LogP contribution in [0.15, 0.2) is 6.07 Å². The van der Waals surface area contributed by atoms with Gasteiger partial charge in [0.15, 0.2) is 0 Å². The van der Waals surface area contributed by atoms with Gasteiger partial charge in [0.2, 0.25) is 0 Å². The van der Waals surface area contributed by atoms with Crippen LogP contribution in [0.2, 0.25) is 0 Å². The third-order valence-corrected chi connectivity index (χ3v) is 4.09. The lowest BCUT2D eigenvalue weighted by atomic mass is 9.79. The molecule has 0 amide bonds. The Balaban J connectivity index is 2.19. The van der Waals surface area contributed by atoms with Gasteiger partial charge in [-0.25, -0.2) is 0 Å². The van der Waals surface area contributed by atoms with Crippen LogP contribution >= 0.6 is 0 Å². The largest absolute Gasteiger partial charge is 0.396 e. The van der Waals surface area contributed by atoms with E-state index in [1.54, 1.807) is 0 Å². The van der Waals surface area contributed by atoms with Gasteiger partial charge in [-0.15, -0.1) is 0 Å². The fourth-order valence-corrected chi connectivity index (χ4v) is 2.60. The quantitative estimate of drug-likeness (QED) is 0.771. The molecule has 0 saturated heterocycles. The van der Waals surface area contributed by atoms with Crippen molar-refractivity contribution in [2.45, 2.75) is 32.6 Å². The van der Waals surface area contributed by atoms with E-state index in [1.165, 1.54) is 18.5 Å². The van der Waals surface area contributed by atoms with Crippen molar-refractivity contribution in [3.63, 3.8) is 0 Å². The summed E-state index contributed by atoms with van der Waals surface area (Å²) in [5, 5.41) is 14.1. The second-order valence-corrected chi connectivity index (χ2v) is 5.28. The van der Waals surface area contributed by atoms with Gasteiger partial charge in [-0.1, -0.05) is 6.92 Å². The summed E-state index contributed by atoms with van der Waals surface area (Å²) in [5.41, 5.74) is 8.08. The van der Waals surface area contributed by atoms with Crippen molar-refractivity contribution in [2.75, 3.05) is 13.2 Å². The molecule has 96 valence electrons. The number of aryl methyl sites for hydroxylation is 2. The van der Waals surface area contributed by atoms with E-state index < -0.39 is 0 Å². The zero-order valence-corrected chi connectivity index (χ0v) is 10.8. The van der Waals surface area contributed by atoms with E-state index in [0.29, 0.717) is 12.5 Å². The molecular formula is C13H23N3O. The Kier molecular flexibility index (Phi) is 3.54. The van der Waals surface area contributed by atoms with E-state index >= 15 is 0 Å². The van der Waals surface area contributed by atoms with Crippen molar-refractivity contribution in [1.29, 1.82) is 0 Å². The molecule has 4 heteroatoms. The SMILES string of the molecule is CCc1cc(CC(CN)(CO)C2CC2)n(C)n1. The summed E-state index contributed by atoms with van der Waals surface area (Å²) < 4.78 is 1.93. The highest BCUT2D eigenvalue weighted by molar-refractivity contribution is 5.14. The zero-order valence-electron chi connectivity index (χ0n) is 10.8.